The number of halogens is 3. The van der Waals surface area contributed by atoms with Crippen molar-refractivity contribution < 1.29 is 32.9 Å². The van der Waals surface area contributed by atoms with E-state index in [0.717, 1.165) is 24.9 Å². The van der Waals surface area contributed by atoms with Gasteiger partial charge in [0, 0.05) is 29.2 Å². The molecule has 0 saturated carbocycles. The number of nitrogens with two attached hydrogens (primary N) is 1. The van der Waals surface area contributed by atoms with Gasteiger partial charge >= 0.3 is 0 Å². The highest BCUT2D eigenvalue weighted by Gasteiger charge is 2.50. The molecule has 0 aromatic heterocycles. The average molecular weight is 543 g/mol. The topological polar surface area (TPSA) is 103 Å². The minimum absolute atomic E-state index is 0.0266. The van der Waals surface area contributed by atoms with E-state index in [4.69, 9.17) is 31.5 Å². The number of nitrogens with one attached hydrogen (secondary N) is 1. The first-order valence-electron chi connectivity index (χ1n) is 12.4. The van der Waals surface area contributed by atoms with Gasteiger partial charge in [0.25, 0.3) is 0 Å². The highest BCUT2D eigenvalue weighted by molar-refractivity contribution is 6.34. The van der Waals surface area contributed by atoms with Crippen molar-refractivity contribution in [2.75, 3.05) is 19.8 Å². The number of carbonyl (C=O) groups excluding carboxylic acids is 1. The Bertz CT molecular complexity index is 1430. The predicted molar refractivity (Wildman–Crippen MR) is 136 cm³/mol. The van der Waals surface area contributed by atoms with Crippen molar-refractivity contribution in [2.24, 2.45) is 5.73 Å². The summed E-state index contributed by atoms with van der Waals surface area (Å²) in [6, 6.07) is 11.9. The van der Waals surface area contributed by atoms with Crippen LogP contribution in [-0.2, 0) is 12.0 Å². The van der Waals surface area contributed by atoms with Gasteiger partial charge in [-0.3, -0.25) is 4.79 Å². The van der Waals surface area contributed by atoms with Gasteiger partial charge in [-0.15, -0.1) is 0 Å². The van der Waals surface area contributed by atoms with Crippen LogP contribution in [0, 0.1) is 11.6 Å². The molecule has 3 heterocycles. The first kappa shape index (κ1) is 24.9. The first-order valence-corrected chi connectivity index (χ1v) is 12.8. The number of benzene rings is 3. The van der Waals surface area contributed by atoms with Crippen molar-refractivity contribution in [3.8, 4) is 28.4 Å². The standard InChI is InChI=1S/C28H25ClF2N2O5/c29-24-18(30)10-19-17(11-28(38-19,21-7-4-8-33-21)14-5-2-1-3-6-14)22(24)23-16(27(32)35)9-20-26(25(23)31)37-15(12-34)13-36-20/h1-3,5-6,9-10,15,21,33-34H,4,7-8,11-13H2,(H2,32,35)/t15-,21-,28-/m0/s1. The molecule has 198 valence electrons. The third-order valence-corrected chi connectivity index (χ3v) is 7.89. The van der Waals surface area contributed by atoms with Crippen molar-refractivity contribution in [3.05, 3.63) is 75.8 Å². The van der Waals surface area contributed by atoms with Gasteiger partial charge < -0.3 is 30.4 Å². The molecule has 0 radical (unpaired) electrons. The second-order valence-corrected chi connectivity index (χ2v) is 10.1. The van der Waals surface area contributed by atoms with E-state index in [1.165, 1.54) is 12.1 Å². The number of amides is 1. The quantitative estimate of drug-likeness (QED) is 0.449. The monoisotopic (exact) mass is 542 g/mol. The third kappa shape index (κ3) is 3.80. The molecule has 3 aromatic rings. The molecule has 1 fully saturated rings. The molecule has 3 aromatic carbocycles. The number of fused-ring (bicyclic) bond motifs is 2. The van der Waals surface area contributed by atoms with Crippen LogP contribution >= 0.6 is 11.6 Å². The molecule has 0 bridgehead atoms. The SMILES string of the molecule is NC(=O)c1cc2c(c(F)c1-c1c(Cl)c(F)cc3c1C[C@](c1ccccc1)([C@@H]1CCCN1)O3)O[C@@H](CO)CO2. The number of hydrogen-bond acceptors (Lipinski definition) is 6. The maximum Gasteiger partial charge on any atom is 0.249 e. The minimum atomic E-state index is -0.986. The Morgan fingerprint density at radius 1 is 1.18 bits per heavy atom. The number of hydrogen-bond donors (Lipinski definition) is 3. The second-order valence-electron chi connectivity index (χ2n) is 9.75. The molecule has 0 aliphatic carbocycles. The average Bonchev–Trinajstić information content (AvgIpc) is 3.60. The van der Waals surface area contributed by atoms with Crippen molar-refractivity contribution in [1.29, 1.82) is 0 Å². The predicted octanol–water partition coefficient (Wildman–Crippen LogP) is 4.10. The number of aliphatic hydroxyl groups is 1. The van der Waals surface area contributed by atoms with Crippen LogP contribution in [0.1, 0.15) is 34.3 Å². The van der Waals surface area contributed by atoms with Crippen LogP contribution in [0.3, 0.4) is 0 Å². The van der Waals surface area contributed by atoms with Gasteiger partial charge in [-0.05, 0) is 31.0 Å². The molecule has 6 rings (SSSR count). The van der Waals surface area contributed by atoms with E-state index in [9.17, 15) is 9.90 Å². The summed E-state index contributed by atoms with van der Waals surface area (Å²) in [4.78, 5) is 12.5. The van der Waals surface area contributed by atoms with E-state index in [2.05, 4.69) is 5.32 Å². The van der Waals surface area contributed by atoms with Gasteiger partial charge in [-0.2, -0.15) is 0 Å². The number of aliphatic hydroxyl groups excluding tert-OH is 1. The van der Waals surface area contributed by atoms with Crippen LogP contribution in [0.15, 0.2) is 42.5 Å². The van der Waals surface area contributed by atoms with Crippen molar-refractivity contribution in [2.45, 2.75) is 37.0 Å². The Hall–Kier alpha value is -3.40. The van der Waals surface area contributed by atoms with E-state index in [1.54, 1.807) is 0 Å². The molecular formula is C28H25ClF2N2O5. The largest absolute Gasteiger partial charge is 0.486 e. The van der Waals surface area contributed by atoms with Gasteiger partial charge in [0.05, 0.1) is 23.2 Å². The third-order valence-electron chi connectivity index (χ3n) is 7.52. The van der Waals surface area contributed by atoms with Gasteiger partial charge in [0.2, 0.25) is 5.91 Å². The van der Waals surface area contributed by atoms with E-state index in [-0.39, 0.29) is 58.0 Å². The highest BCUT2D eigenvalue weighted by Crippen LogP contribution is 2.53. The summed E-state index contributed by atoms with van der Waals surface area (Å²) in [5, 5.41) is 12.6. The molecule has 7 nitrogen and oxygen atoms in total. The Balaban J connectivity index is 1.59. The smallest absolute Gasteiger partial charge is 0.249 e. The van der Waals surface area contributed by atoms with Crippen molar-refractivity contribution in [3.63, 3.8) is 0 Å². The van der Waals surface area contributed by atoms with Crippen LogP contribution < -0.4 is 25.3 Å². The lowest BCUT2D eigenvalue weighted by Gasteiger charge is -2.35. The van der Waals surface area contributed by atoms with E-state index in [0.29, 0.717) is 5.56 Å². The number of carbonyl (C=O) groups is 1. The summed E-state index contributed by atoms with van der Waals surface area (Å²) >= 11 is 6.52. The zero-order chi connectivity index (χ0) is 26.6. The van der Waals surface area contributed by atoms with Crippen LogP contribution in [0.4, 0.5) is 8.78 Å². The zero-order valence-corrected chi connectivity index (χ0v) is 21.0. The van der Waals surface area contributed by atoms with E-state index < -0.39 is 35.9 Å². The maximum atomic E-state index is 16.2. The van der Waals surface area contributed by atoms with Crippen molar-refractivity contribution >= 4 is 17.5 Å². The number of rotatable bonds is 5. The molecule has 38 heavy (non-hydrogen) atoms. The minimum Gasteiger partial charge on any atom is -0.486 e. The summed E-state index contributed by atoms with van der Waals surface area (Å²) in [7, 11) is 0. The Kier molecular flexibility index (Phi) is 6.17. The summed E-state index contributed by atoms with van der Waals surface area (Å²) in [5.41, 5.74) is 5.51. The Morgan fingerprint density at radius 3 is 2.66 bits per heavy atom. The zero-order valence-electron chi connectivity index (χ0n) is 20.2. The van der Waals surface area contributed by atoms with Crippen molar-refractivity contribution in [1.82, 2.24) is 5.32 Å². The first-order chi connectivity index (χ1) is 18.3. The summed E-state index contributed by atoms with van der Waals surface area (Å²) in [5.74, 6) is -2.91. The van der Waals surface area contributed by atoms with Gasteiger partial charge in [-0.25, -0.2) is 8.78 Å². The lowest BCUT2D eigenvalue weighted by molar-refractivity contribution is 0.0418. The number of primary amides is 1. The molecule has 3 atom stereocenters. The molecule has 0 spiro atoms. The Labute approximate surface area is 222 Å². The lowest BCUT2D eigenvalue weighted by Crippen LogP contribution is -2.48. The lowest BCUT2D eigenvalue weighted by atomic mass is 9.80. The van der Waals surface area contributed by atoms with Crippen LogP contribution in [0.5, 0.6) is 17.2 Å². The van der Waals surface area contributed by atoms with Crippen LogP contribution in [0.2, 0.25) is 5.02 Å². The fourth-order valence-electron chi connectivity index (χ4n) is 5.76. The molecule has 10 heteroatoms. The molecule has 4 N–H and O–H groups in total. The normalized spacial score (nSPS) is 23.7. The van der Waals surface area contributed by atoms with Gasteiger partial charge in [0.15, 0.2) is 29.0 Å². The fraction of sp³-hybridized carbons (Fsp3) is 0.321. The maximum absolute atomic E-state index is 16.2. The van der Waals surface area contributed by atoms with E-state index in [1.807, 2.05) is 30.3 Å². The van der Waals surface area contributed by atoms with Gasteiger partial charge in [0.1, 0.15) is 18.2 Å². The molecule has 3 aliphatic heterocycles. The van der Waals surface area contributed by atoms with Gasteiger partial charge in [-0.1, -0.05) is 41.9 Å². The summed E-state index contributed by atoms with van der Waals surface area (Å²) < 4.78 is 49.2. The molecule has 0 unspecified atom stereocenters. The molecule has 1 saturated heterocycles. The summed E-state index contributed by atoms with van der Waals surface area (Å²) in [6.07, 6.45) is 1.18. The summed E-state index contributed by atoms with van der Waals surface area (Å²) in [6.45, 7) is 0.345. The second kappa shape index (κ2) is 9.41. The highest BCUT2D eigenvalue weighted by atomic mass is 35.5. The molecular weight excluding hydrogens is 518 g/mol. The fourth-order valence-corrected chi connectivity index (χ4v) is 6.02. The Morgan fingerprint density at radius 2 is 1.97 bits per heavy atom. The van der Waals surface area contributed by atoms with E-state index >= 15 is 8.78 Å². The van der Waals surface area contributed by atoms with Crippen LogP contribution in [-0.4, -0.2) is 42.9 Å². The van der Waals surface area contributed by atoms with Crippen LogP contribution in [0.25, 0.3) is 11.1 Å². The molecule has 3 aliphatic rings. The molecule has 1 amide bonds. The number of ether oxygens (including phenoxy) is 3.